The molecule has 2 aromatic carbocycles. The van der Waals surface area contributed by atoms with Gasteiger partial charge in [-0.05, 0) is 42.8 Å². The first-order chi connectivity index (χ1) is 11.2. The van der Waals surface area contributed by atoms with Gasteiger partial charge in [-0.25, -0.2) is 4.39 Å². The Morgan fingerprint density at radius 1 is 1.09 bits per heavy atom. The zero-order valence-corrected chi connectivity index (χ0v) is 12.4. The highest BCUT2D eigenvalue weighted by atomic mass is 19.1. The molecule has 0 radical (unpaired) electrons. The number of para-hydroxylation sites is 1. The smallest absolute Gasteiger partial charge is 0.262 e. The van der Waals surface area contributed by atoms with Crippen LogP contribution in [-0.2, 0) is 0 Å². The Balaban J connectivity index is 1.78. The van der Waals surface area contributed by atoms with Crippen LogP contribution in [0.1, 0.15) is 16.8 Å². The van der Waals surface area contributed by atoms with Crippen LogP contribution in [0.5, 0.6) is 0 Å². The average Bonchev–Trinajstić information content (AvgIpc) is 3.10. The summed E-state index contributed by atoms with van der Waals surface area (Å²) in [5.74, 6) is -0.395. The Morgan fingerprint density at radius 2 is 1.87 bits per heavy atom. The van der Waals surface area contributed by atoms with Crippen LogP contribution in [0.2, 0.25) is 0 Å². The van der Waals surface area contributed by atoms with Crippen LogP contribution in [0, 0.1) is 5.82 Å². The number of anilines is 2. The fraction of sp³-hybridized carbons (Fsp3) is 0.235. The molecule has 118 valence electrons. The first-order valence-electron chi connectivity index (χ1n) is 7.67. The summed E-state index contributed by atoms with van der Waals surface area (Å²) in [5.41, 5.74) is 8.44. The fourth-order valence-electron chi connectivity index (χ4n) is 3.18. The lowest BCUT2D eigenvalue weighted by Gasteiger charge is -2.40. The summed E-state index contributed by atoms with van der Waals surface area (Å²) in [5, 5.41) is 3.44. The number of halogens is 1. The topological polar surface area (TPSA) is 56.4 Å². The van der Waals surface area contributed by atoms with E-state index in [0.29, 0.717) is 11.3 Å². The lowest BCUT2D eigenvalue weighted by Crippen LogP contribution is -2.58. The van der Waals surface area contributed by atoms with E-state index < -0.39 is 0 Å². The Morgan fingerprint density at radius 3 is 2.61 bits per heavy atom. The first-order valence-corrected chi connectivity index (χ1v) is 7.67. The molecule has 1 saturated heterocycles. The van der Waals surface area contributed by atoms with Gasteiger partial charge in [0, 0.05) is 17.9 Å². The van der Waals surface area contributed by atoms with Crippen LogP contribution in [0.3, 0.4) is 0 Å². The van der Waals surface area contributed by atoms with E-state index >= 15 is 0 Å². The number of hydrogen-bond acceptors (Lipinski definition) is 4. The summed E-state index contributed by atoms with van der Waals surface area (Å²) in [6, 6.07) is 13.6. The second-order valence-electron chi connectivity index (χ2n) is 5.75. The fourth-order valence-corrected chi connectivity index (χ4v) is 3.18. The molecule has 2 heterocycles. The van der Waals surface area contributed by atoms with Crippen LogP contribution in [0.25, 0.3) is 0 Å². The van der Waals surface area contributed by atoms with Gasteiger partial charge in [0.1, 0.15) is 12.0 Å². The summed E-state index contributed by atoms with van der Waals surface area (Å²) in [6.45, 7) is 0.843. The van der Waals surface area contributed by atoms with Gasteiger partial charge in [-0.3, -0.25) is 20.5 Å². The predicted octanol–water partition coefficient (Wildman–Crippen LogP) is 2.09. The average molecular weight is 312 g/mol. The van der Waals surface area contributed by atoms with Gasteiger partial charge in [0.2, 0.25) is 0 Å². The highest BCUT2D eigenvalue weighted by Crippen LogP contribution is 2.31. The SMILES string of the molecule is O=C1c2ccccc2NC(C2CCNN2)N1c1ccc(F)cc1. The molecule has 2 aliphatic heterocycles. The summed E-state index contributed by atoms with van der Waals surface area (Å²) >= 11 is 0. The minimum absolute atomic E-state index is 0.0670. The Bertz CT molecular complexity index is 728. The van der Waals surface area contributed by atoms with Crippen molar-refractivity contribution in [2.24, 2.45) is 0 Å². The maximum Gasteiger partial charge on any atom is 0.262 e. The number of carbonyl (C=O) groups excluding carboxylic acids is 1. The summed E-state index contributed by atoms with van der Waals surface area (Å²) in [6.07, 6.45) is 0.656. The van der Waals surface area contributed by atoms with Crippen molar-refractivity contribution in [2.75, 3.05) is 16.8 Å². The molecule has 2 aliphatic rings. The molecule has 0 bridgehead atoms. The normalized spacial score (nSPS) is 23.5. The van der Waals surface area contributed by atoms with Crippen molar-refractivity contribution in [1.29, 1.82) is 0 Å². The number of hydrogen-bond donors (Lipinski definition) is 3. The zero-order valence-electron chi connectivity index (χ0n) is 12.4. The lowest BCUT2D eigenvalue weighted by molar-refractivity contribution is 0.0970. The molecule has 23 heavy (non-hydrogen) atoms. The van der Waals surface area contributed by atoms with Crippen molar-refractivity contribution in [3.63, 3.8) is 0 Å². The first kappa shape index (κ1) is 14.2. The molecular weight excluding hydrogens is 295 g/mol. The number of amides is 1. The Labute approximate surface area is 133 Å². The molecule has 0 aliphatic carbocycles. The minimum atomic E-state index is -0.316. The molecule has 1 amide bonds. The predicted molar refractivity (Wildman–Crippen MR) is 86.6 cm³/mol. The molecule has 2 unspecified atom stereocenters. The molecule has 6 heteroatoms. The molecular formula is C17H17FN4O. The molecule has 2 aromatic rings. The van der Waals surface area contributed by atoms with E-state index in [2.05, 4.69) is 16.2 Å². The van der Waals surface area contributed by atoms with Gasteiger partial charge in [0.25, 0.3) is 5.91 Å². The monoisotopic (exact) mass is 312 g/mol. The van der Waals surface area contributed by atoms with E-state index in [4.69, 9.17) is 0 Å². The van der Waals surface area contributed by atoms with Gasteiger partial charge in [-0.15, -0.1) is 0 Å². The Hall–Kier alpha value is -2.44. The van der Waals surface area contributed by atoms with Gasteiger partial charge >= 0.3 is 0 Å². The maximum atomic E-state index is 13.2. The Kier molecular flexibility index (Phi) is 3.48. The number of nitrogens with one attached hydrogen (secondary N) is 3. The second kappa shape index (κ2) is 5.64. The largest absolute Gasteiger partial charge is 0.363 e. The van der Waals surface area contributed by atoms with Crippen molar-refractivity contribution >= 4 is 17.3 Å². The zero-order chi connectivity index (χ0) is 15.8. The van der Waals surface area contributed by atoms with E-state index in [1.165, 1.54) is 12.1 Å². The molecule has 5 nitrogen and oxygen atoms in total. The third-order valence-corrected chi connectivity index (χ3v) is 4.31. The number of fused-ring (bicyclic) bond motifs is 1. The maximum absolute atomic E-state index is 13.2. The van der Waals surface area contributed by atoms with Crippen LogP contribution >= 0.6 is 0 Å². The van der Waals surface area contributed by atoms with Crippen LogP contribution in [0.15, 0.2) is 48.5 Å². The molecule has 4 rings (SSSR count). The van der Waals surface area contributed by atoms with Gasteiger partial charge in [-0.1, -0.05) is 12.1 Å². The number of rotatable bonds is 2. The number of carbonyl (C=O) groups is 1. The highest BCUT2D eigenvalue weighted by molar-refractivity contribution is 6.12. The summed E-state index contributed by atoms with van der Waals surface area (Å²) in [7, 11) is 0. The van der Waals surface area contributed by atoms with E-state index in [0.717, 1.165) is 18.7 Å². The number of hydrazine groups is 1. The quantitative estimate of drug-likeness (QED) is 0.795. The number of benzene rings is 2. The summed E-state index contributed by atoms with van der Waals surface area (Å²) in [4.78, 5) is 14.7. The van der Waals surface area contributed by atoms with Crippen molar-refractivity contribution in [3.05, 3.63) is 59.9 Å². The van der Waals surface area contributed by atoms with E-state index in [-0.39, 0.29) is 23.9 Å². The van der Waals surface area contributed by atoms with Gasteiger partial charge in [-0.2, -0.15) is 0 Å². The van der Waals surface area contributed by atoms with Gasteiger partial charge in [0.05, 0.1) is 11.6 Å². The van der Waals surface area contributed by atoms with Gasteiger partial charge < -0.3 is 5.32 Å². The van der Waals surface area contributed by atoms with Crippen molar-refractivity contribution in [2.45, 2.75) is 18.6 Å². The molecule has 3 N–H and O–H groups in total. The van der Waals surface area contributed by atoms with E-state index in [9.17, 15) is 9.18 Å². The van der Waals surface area contributed by atoms with Crippen LogP contribution in [0.4, 0.5) is 15.8 Å². The van der Waals surface area contributed by atoms with E-state index in [1.54, 1.807) is 23.1 Å². The molecule has 1 fully saturated rings. The van der Waals surface area contributed by atoms with E-state index in [1.807, 2.05) is 18.2 Å². The second-order valence-corrected chi connectivity index (χ2v) is 5.75. The standard InChI is InChI=1S/C17H17FN4O/c18-11-5-7-12(8-6-11)22-16(15-9-10-19-21-15)20-14-4-2-1-3-13(14)17(22)23/h1-8,15-16,19-21H,9-10H2. The van der Waals surface area contributed by atoms with Crippen molar-refractivity contribution in [1.82, 2.24) is 10.9 Å². The van der Waals surface area contributed by atoms with Crippen molar-refractivity contribution in [3.8, 4) is 0 Å². The molecule has 0 aromatic heterocycles. The highest BCUT2D eigenvalue weighted by Gasteiger charge is 2.38. The third kappa shape index (κ3) is 2.46. The van der Waals surface area contributed by atoms with Crippen LogP contribution < -0.4 is 21.1 Å². The lowest BCUT2D eigenvalue weighted by atomic mass is 10.0. The summed E-state index contributed by atoms with van der Waals surface area (Å²) < 4.78 is 13.2. The van der Waals surface area contributed by atoms with Crippen molar-refractivity contribution < 1.29 is 9.18 Å². The van der Waals surface area contributed by atoms with Crippen LogP contribution in [-0.4, -0.2) is 24.7 Å². The number of nitrogens with zero attached hydrogens (tertiary/aromatic N) is 1. The minimum Gasteiger partial charge on any atom is -0.363 e. The molecule has 0 saturated carbocycles. The van der Waals surface area contributed by atoms with Gasteiger partial charge in [0.15, 0.2) is 0 Å². The molecule has 2 atom stereocenters. The molecule has 0 spiro atoms. The third-order valence-electron chi connectivity index (χ3n) is 4.31.